The number of hydrogen-bond donors (Lipinski definition) is 1. The van der Waals surface area contributed by atoms with Crippen molar-refractivity contribution in [2.45, 2.75) is 38.2 Å². The highest BCUT2D eigenvalue weighted by Crippen LogP contribution is 2.26. The van der Waals surface area contributed by atoms with Gasteiger partial charge in [0.2, 0.25) is 0 Å². The molecular weight excluding hydrogens is 212 g/mol. The first-order valence-electron chi connectivity index (χ1n) is 5.79. The molecule has 2 heteroatoms. The van der Waals surface area contributed by atoms with Crippen LogP contribution in [0.4, 0.5) is 0 Å². The van der Waals surface area contributed by atoms with E-state index in [2.05, 4.69) is 31.8 Å². The fourth-order valence-corrected chi connectivity index (χ4v) is 3.16. The first kappa shape index (κ1) is 13.2. The maximum absolute atomic E-state index is 10.8. The molecule has 0 fully saturated rings. The van der Waals surface area contributed by atoms with Crippen molar-refractivity contribution in [3.05, 3.63) is 48.0 Å². The molecule has 0 aliphatic rings. The van der Waals surface area contributed by atoms with Gasteiger partial charge in [-0.2, -0.15) is 0 Å². The van der Waals surface area contributed by atoms with E-state index in [4.69, 9.17) is 0 Å². The van der Waals surface area contributed by atoms with Gasteiger partial charge in [-0.3, -0.25) is 0 Å². The third kappa shape index (κ3) is 3.06. The molecule has 0 heterocycles. The summed E-state index contributed by atoms with van der Waals surface area (Å²) in [5, 5.41) is 10.1. The minimum atomic E-state index is -1.65. The molecule has 88 valence electrons. The Morgan fingerprint density at radius 3 is 2.19 bits per heavy atom. The van der Waals surface area contributed by atoms with Gasteiger partial charge in [-0.05, 0) is 12.5 Å². The van der Waals surface area contributed by atoms with Crippen molar-refractivity contribution >= 4 is 8.07 Å². The first-order chi connectivity index (χ1) is 7.39. The van der Waals surface area contributed by atoms with Crippen LogP contribution in [0.1, 0.15) is 12.5 Å². The van der Waals surface area contributed by atoms with Crippen LogP contribution in [0.2, 0.25) is 19.6 Å². The molecule has 1 unspecified atom stereocenters. The monoisotopic (exact) mass is 234 g/mol. The lowest BCUT2D eigenvalue weighted by Crippen LogP contribution is -2.52. The second-order valence-corrected chi connectivity index (χ2v) is 10.7. The van der Waals surface area contributed by atoms with E-state index in [-0.39, 0.29) is 0 Å². The van der Waals surface area contributed by atoms with Gasteiger partial charge in [-0.15, -0.1) is 0 Å². The SMILES string of the molecule is C/C=C/C(O)(Cc1ccccc1)[Si](C)(C)C. The smallest absolute Gasteiger partial charge is 0.0874 e. The predicted octanol–water partition coefficient (Wildman–Crippen LogP) is 3.41. The highest BCUT2D eigenvalue weighted by molar-refractivity contribution is 6.79. The van der Waals surface area contributed by atoms with Gasteiger partial charge in [0.25, 0.3) is 0 Å². The van der Waals surface area contributed by atoms with E-state index in [9.17, 15) is 5.11 Å². The van der Waals surface area contributed by atoms with Crippen LogP contribution in [0.15, 0.2) is 42.5 Å². The molecule has 16 heavy (non-hydrogen) atoms. The van der Waals surface area contributed by atoms with E-state index in [0.717, 1.165) is 0 Å². The Hall–Kier alpha value is -0.863. The van der Waals surface area contributed by atoms with Crippen LogP contribution in [0.25, 0.3) is 0 Å². The maximum Gasteiger partial charge on any atom is 0.0874 e. The van der Waals surface area contributed by atoms with E-state index in [1.165, 1.54) is 5.56 Å². The van der Waals surface area contributed by atoms with Crippen LogP contribution in [0, 0.1) is 0 Å². The van der Waals surface area contributed by atoms with Crippen molar-refractivity contribution in [1.29, 1.82) is 0 Å². The van der Waals surface area contributed by atoms with Gasteiger partial charge in [0.1, 0.15) is 0 Å². The Bertz CT molecular complexity index is 351. The number of hydrogen-bond acceptors (Lipinski definition) is 1. The van der Waals surface area contributed by atoms with Crippen molar-refractivity contribution in [3.8, 4) is 0 Å². The lowest BCUT2D eigenvalue weighted by molar-refractivity contribution is 0.166. The van der Waals surface area contributed by atoms with Crippen LogP contribution in [-0.2, 0) is 6.42 Å². The summed E-state index contributed by atoms with van der Waals surface area (Å²) in [5.74, 6) is 0. The van der Waals surface area contributed by atoms with Gasteiger partial charge in [0.05, 0.1) is 13.3 Å². The van der Waals surface area contributed by atoms with Gasteiger partial charge in [0.15, 0.2) is 0 Å². The maximum atomic E-state index is 10.8. The van der Waals surface area contributed by atoms with E-state index in [0.29, 0.717) is 6.42 Å². The summed E-state index contributed by atoms with van der Waals surface area (Å²) >= 11 is 0. The molecule has 1 aromatic carbocycles. The van der Waals surface area contributed by atoms with Crippen molar-refractivity contribution in [1.82, 2.24) is 0 Å². The average molecular weight is 234 g/mol. The molecule has 1 N–H and O–H groups in total. The second-order valence-electron chi connectivity index (χ2n) is 5.34. The molecule has 0 bridgehead atoms. The molecule has 1 aromatic rings. The van der Waals surface area contributed by atoms with E-state index in [1.807, 2.05) is 37.3 Å². The summed E-state index contributed by atoms with van der Waals surface area (Å²) in [6.07, 6.45) is 4.64. The molecule has 0 aromatic heterocycles. The highest BCUT2D eigenvalue weighted by Gasteiger charge is 2.39. The second kappa shape index (κ2) is 4.98. The molecule has 1 atom stereocenters. The molecule has 1 nitrogen and oxygen atoms in total. The zero-order valence-electron chi connectivity index (χ0n) is 10.7. The number of allylic oxidation sites excluding steroid dienone is 1. The highest BCUT2D eigenvalue weighted by atomic mass is 28.3. The van der Waals surface area contributed by atoms with Crippen LogP contribution >= 0.6 is 0 Å². The van der Waals surface area contributed by atoms with Gasteiger partial charge >= 0.3 is 0 Å². The standard InChI is InChI=1S/C14H22OSi/c1-5-11-14(15,16(2,3)4)12-13-9-7-6-8-10-13/h5-11,15H,12H2,1-4H3/b11-5+. The summed E-state index contributed by atoms with van der Waals surface area (Å²) < 4.78 is 0. The van der Waals surface area contributed by atoms with E-state index >= 15 is 0 Å². The number of benzene rings is 1. The Morgan fingerprint density at radius 1 is 1.19 bits per heavy atom. The molecule has 0 radical (unpaired) electrons. The number of rotatable bonds is 4. The molecule has 0 saturated carbocycles. The van der Waals surface area contributed by atoms with Crippen LogP contribution < -0.4 is 0 Å². The third-order valence-electron chi connectivity index (χ3n) is 3.06. The molecule has 1 rings (SSSR count). The van der Waals surface area contributed by atoms with E-state index < -0.39 is 13.3 Å². The average Bonchev–Trinajstić information content (AvgIpc) is 2.17. The molecule has 0 spiro atoms. The van der Waals surface area contributed by atoms with Gasteiger partial charge in [0, 0.05) is 6.42 Å². The molecule has 0 aliphatic carbocycles. The van der Waals surface area contributed by atoms with E-state index in [1.54, 1.807) is 0 Å². The normalized spacial score (nSPS) is 16.3. The number of aliphatic hydroxyl groups is 1. The zero-order valence-corrected chi connectivity index (χ0v) is 11.7. The van der Waals surface area contributed by atoms with Gasteiger partial charge in [-0.25, -0.2) is 0 Å². The topological polar surface area (TPSA) is 20.2 Å². The lowest BCUT2D eigenvalue weighted by atomic mass is 10.1. The van der Waals surface area contributed by atoms with Crippen molar-refractivity contribution in [2.75, 3.05) is 0 Å². The van der Waals surface area contributed by atoms with Crippen LogP contribution in [0.5, 0.6) is 0 Å². The first-order valence-corrected chi connectivity index (χ1v) is 9.29. The fourth-order valence-electron chi connectivity index (χ4n) is 1.76. The minimum Gasteiger partial charge on any atom is -0.389 e. The summed E-state index contributed by atoms with van der Waals surface area (Å²) in [6, 6.07) is 10.2. The Kier molecular flexibility index (Phi) is 4.11. The quantitative estimate of drug-likeness (QED) is 0.625. The van der Waals surface area contributed by atoms with Crippen molar-refractivity contribution < 1.29 is 5.11 Å². The molecule has 0 amide bonds. The lowest BCUT2D eigenvalue weighted by Gasteiger charge is -2.36. The Balaban J connectivity index is 2.97. The molecule has 0 aliphatic heterocycles. The van der Waals surface area contributed by atoms with Gasteiger partial charge in [-0.1, -0.05) is 62.1 Å². The minimum absolute atomic E-state index is 0.650. The van der Waals surface area contributed by atoms with Crippen molar-refractivity contribution in [2.24, 2.45) is 0 Å². The van der Waals surface area contributed by atoms with Crippen LogP contribution in [-0.4, -0.2) is 18.4 Å². The predicted molar refractivity (Wildman–Crippen MR) is 73.3 cm³/mol. The molecular formula is C14H22OSi. The van der Waals surface area contributed by atoms with Crippen molar-refractivity contribution in [3.63, 3.8) is 0 Å². The molecule has 0 saturated heterocycles. The van der Waals surface area contributed by atoms with Gasteiger partial charge < -0.3 is 5.11 Å². The Morgan fingerprint density at radius 2 is 1.75 bits per heavy atom. The fraction of sp³-hybridized carbons (Fsp3) is 0.429. The summed E-state index contributed by atoms with van der Waals surface area (Å²) in [5.41, 5.74) is 1.20. The third-order valence-corrected chi connectivity index (χ3v) is 6.00. The Labute approximate surface area is 99.8 Å². The summed E-state index contributed by atoms with van der Waals surface area (Å²) in [7, 11) is -1.65. The summed E-state index contributed by atoms with van der Waals surface area (Å²) in [6.45, 7) is 8.58. The van der Waals surface area contributed by atoms with Crippen LogP contribution in [0.3, 0.4) is 0 Å². The zero-order chi connectivity index (χ0) is 12.2. The summed E-state index contributed by atoms with van der Waals surface area (Å²) in [4.78, 5) is 0. The largest absolute Gasteiger partial charge is 0.389 e.